The maximum Gasteiger partial charge on any atom is 0.254 e. The Hall–Kier alpha value is -2.82. The first kappa shape index (κ1) is 21.4. The first-order valence-corrected chi connectivity index (χ1v) is 11.4. The van der Waals surface area contributed by atoms with Crippen molar-refractivity contribution >= 4 is 11.8 Å². The van der Waals surface area contributed by atoms with Crippen molar-refractivity contribution < 1.29 is 14.3 Å². The Kier molecular flexibility index (Phi) is 6.59. The molecule has 3 atom stereocenters. The smallest absolute Gasteiger partial charge is 0.254 e. The summed E-state index contributed by atoms with van der Waals surface area (Å²) in [6.45, 7) is 3.11. The second-order valence-electron chi connectivity index (χ2n) is 8.71. The SMILES string of the molecule is CCOc1ccc(CN(C)C(=O)C2CC3CCCCC3N2C(=O)c2ccccc2)cc1. The summed E-state index contributed by atoms with van der Waals surface area (Å²) in [5, 5.41) is 0. The minimum absolute atomic E-state index is 0.0113. The summed E-state index contributed by atoms with van der Waals surface area (Å²) in [7, 11) is 1.84. The van der Waals surface area contributed by atoms with Gasteiger partial charge in [0.2, 0.25) is 5.91 Å². The van der Waals surface area contributed by atoms with Crippen LogP contribution in [0.3, 0.4) is 0 Å². The Balaban J connectivity index is 1.52. The van der Waals surface area contributed by atoms with E-state index in [9.17, 15) is 9.59 Å². The molecule has 0 bridgehead atoms. The van der Waals surface area contributed by atoms with E-state index in [1.165, 1.54) is 6.42 Å². The third-order valence-electron chi connectivity index (χ3n) is 6.66. The standard InChI is InChI=1S/C26H32N2O3/c1-3-31-22-15-13-19(14-16-22)18-27(2)26(30)24-17-21-11-7-8-12-23(21)28(24)25(29)20-9-5-4-6-10-20/h4-6,9-10,13-16,21,23-24H,3,7-8,11-12,17-18H2,1-2H3. The van der Waals surface area contributed by atoms with Gasteiger partial charge < -0.3 is 14.5 Å². The van der Waals surface area contributed by atoms with Crippen LogP contribution in [0.25, 0.3) is 0 Å². The van der Waals surface area contributed by atoms with Crippen LogP contribution in [0.5, 0.6) is 5.75 Å². The van der Waals surface area contributed by atoms with Gasteiger partial charge in [-0.15, -0.1) is 0 Å². The van der Waals surface area contributed by atoms with E-state index >= 15 is 0 Å². The van der Waals surface area contributed by atoms with Crippen LogP contribution in [0.2, 0.25) is 0 Å². The number of amides is 2. The van der Waals surface area contributed by atoms with Gasteiger partial charge >= 0.3 is 0 Å². The molecule has 0 radical (unpaired) electrons. The Morgan fingerprint density at radius 1 is 1.03 bits per heavy atom. The van der Waals surface area contributed by atoms with Crippen molar-refractivity contribution in [3.63, 3.8) is 0 Å². The molecule has 2 aromatic rings. The maximum atomic E-state index is 13.5. The second kappa shape index (κ2) is 9.54. The number of hydrogen-bond donors (Lipinski definition) is 0. The number of likely N-dealkylation sites (N-methyl/N-ethyl adjacent to an activating group) is 1. The van der Waals surface area contributed by atoms with E-state index < -0.39 is 0 Å². The van der Waals surface area contributed by atoms with Crippen LogP contribution in [0.4, 0.5) is 0 Å². The average molecular weight is 421 g/mol. The number of nitrogens with zero attached hydrogens (tertiary/aromatic N) is 2. The van der Waals surface area contributed by atoms with Gasteiger partial charge in [-0.25, -0.2) is 0 Å². The van der Waals surface area contributed by atoms with Crippen LogP contribution in [-0.4, -0.2) is 47.4 Å². The number of carbonyl (C=O) groups excluding carboxylic acids is 2. The minimum atomic E-state index is -0.381. The number of benzene rings is 2. The summed E-state index contributed by atoms with van der Waals surface area (Å²) < 4.78 is 5.51. The third kappa shape index (κ3) is 4.60. The van der Waals surface area contributed by atoms with Crippen LogP contribution in [0.15, 0.2) is 54.6 Å². The zero-order valence-corrected chi connectivity index (χ0v) is 18.5. The highest BCUT2D eigenvalue weighted by Gasteiger charge is 2.48. The van der Waals surface area contributed by atoms with Crippen LogP contribution < -0.4 is 4.74 Å². The van der Waals surface area contributed by atoms with Gasteiger partial charge in [-0.05, 0) is 61.9 Å². The fraction of sp³-hybridized carbons (Fsp3) is 0.462. The van der Waals surface area contributed by atoms with Crippen molar-refractivity contribution in [3.05, 3.63) is 65.7 Å². The average Bonchev–Trinajstić information content (AvgIpc) is 3.19. The van der Waals surface area contributed by atoms with E-state index in [2.05, 4.69) is 0 Å². The molecule has 4 rings (SSSR count). The number of likely N-dealkylation sites (tertiary alicyclic amines) is 1. The van der Waals surface area contributed by atoms with Crippen molar-refractivity contribution in [2.75, 3.05) is 13.7 Å². The highest BCUT2D eigenvalue weighted by Crippen LogP contribution is 2.41. The van der Waals surface area contributed by atoms with E-state index in [1.54, 1.807) is 4.90 Å². The monoisotopic (exact) mass is 420 g/mol. The molecule has 0 N–H and O–H groups in total. The summed E-state index contributed by atoms with van der Waals surface area (Å²) in [6.07, 6.45) is 5.20. The Morgan fingerprint density at radius 2 is 1.74 bits per heavy atom. The molecule has 1 aliphatic carbocycles. The van der Waals surface area contributed by atoms with Gasteiger partial charge in [0, 0.05) is 25.2 Å². The molecule has 1 saturated carbocycles. The first-order chi connectivity index (χ1) is 15.1. The van der Waals surface area contributed by atoms with Gasteiger partial charge in [0.05, 0.1) is 6.61 Å². The molecule has 0 spiro atoms. The van der Waals surface area contributed by atoms with Crippen molar-refractivity contribution in [3.8, 4) is 5.75 Å². The maximum absolute atomic E-state index is 13.5. The molecule has 2 aromatic carbocycles. The molecule has 3 unspecified atom stereocenters. The number of hydrogen-bond acceptors (Lipinski definition) is 3. The summed E-state index contributed by atoms with van der Waals surface area (Å²) in [6, 6.07) is 17.0. The van der Waals surface area contributed by atoms with E-state index in [1.807, 2.05) is 73.5 Å². The lowest BCUT2D eigenvalue weighted by Crippen LogP contribution is -2.49. The third-order valence-corrected chi connectivity index (χ3v) is 6.66. The van der Waals surface area contributed by atoms with Gasteiger partial charge in [-0.3, -0.25) is 9.59 Å². The molecular weight excluding hydrogens is 388 g/mol. The largest absolute Gasteiger partial charge is 0.494 e. The molecular formula is C26H32N2O3. The highest BCUT2D eigenvalue weighted by molar-refractivity contribution is 5.98. The summed E-state index contributed by atoms with van der Waals surface area (Å²) in [5.41, 5.74) is 1.72. The summed E-state index contributed by atoms with van der Waals surface area (Å²) in [5.74, 6) is 1.28. The number of ether oxygens (including phenoxy) is 1. The molecule has 2 amide bonds. The summed E-state index contributed by atoms with van der Waals surface area (Å²) >= 11 is 0. The Bertz CT molecular complexity index is 897. The quantitative estimate of drug-likeness (QED) is 0.691. The van der Waals surface area contributed by atoms with E-state index in [4.69, 9.17) is 4.74 Å². The lowest BCUT2D eigenvalue weighted by atomic mass is 9.84. The highest BCUT2D eigenvalue weighted by atomic mass is 16.5. The molecule has 5 nitrogen and oxygen atoms in total. The zero-order valence-electron chi connectivity index (χ0n) is 18.5. The molecule has 1 heterocycles. The van der Waals surface area contributed by atoms with Gasteiger partial charge in [-0.1, -0.05) is 43.2 Å². The molecule has 0 aromatic heterocycles. The van der Waals surface area contributed by atoms with E-state index in [0.717, 1.165) is 37.0 Å². The van der Waals surface area contributed by atoms with Crippen LogP contribution in [-0.2, 0) is 11.3 Å². The van der Waals surface area contributed by atoms with Crippen molar-refractivity contribution in [2.24, 2.45) is 5.92 Å². The van der Waals surface area contributed by atoms with Crippen molar-refractivity contribution in [1.82, 2.24) is 9.80 Å². The van der Waals surface area contributed by atoms with Gasteiger partial charge in [0.1, 0.15) is 11.8 Å². The van der Waals surface area contributed by atoms with E-state index in [-0.39, 0.29) is 23.9 Å². The molecule has 5 heteroatoms. The lowest BCUT2D eigenvalue weighted by molar-refractivity contribution is -0.134. The Morgan fingerprint density at radius 3 is 2.45 bits per heavy atom. The topological polar surface area (TPSA) is 49.9 Å². The molecule has 2 fully saturated rings. The van der Waals surface area contributed by atoms with Crippen molar-refractivity contribution in [2.45, 2.75) is 57.7 Å². The fourth-order valence-corrected chi connectivity index (χ4v) is 5.17. The first-order valence-electron chi connectivity index (χ1n) is 11.4. The molecule has 164 valence electrons. The molecule has 31 heavy (non-hydrogen) atoms. The minimum Gasteiger partial charge on any atom is -0.494 e. The van der Waals surface area contributed by atoms with Crippen LogP contribution in [0, 0.1) is 5.92 Å². The molecule has 2 aliphatic rings. The van der Waals surface area contributed by atoms with Crippen molar-refractivity contribution in [1.29, 1.82) is 0 Å². The predicted molar refractivity (Wildman–Crippen MR) is 121 cm³/mol. The number of rotatable bonds is 6. The normalized spacial score (nSPS) is 22.6. The molecule has 1 saturated heterocycles. The van der Waals surface area contributed by atoms with Gasteiger partial charge in [0.25, 0.3) is 5.91 Å². The fourth-order valence-electron chi connectivity index (χ4n) is 5.17. The molecule has 1 aliphatic heterocycles. The second-order valence-corrected chi connectivity index (χ2v) is 8.71. The van der Waals surface area contributed by atoms with Gasteiger partial charge in [0.15, 0.2) is 0 Å². The predicted octanol–water partition coefficient (Wildman–Crippen LogP) is 4.52. The number of fused-ring (bicyclic) bond motifs is 1. The van der Waals surface area contributed by atoms with Gasteiger partial charge in [-0.2, -0.15) is 0 Å². The van der Waals surface area contributed by atoms with Crippen LogP contribution in [0.1, 0.15) is 54.9 Å². The zero-order chi connectivity index (χ0) is 21.8. The lowest BCUT2D eigenvalue weighted by Gasteiger charge is -2.34. The Labute approximate surface area is 185 Å². The number of carbonyl (C=O) groups is 2. The summed E-state index contributed by atoms with van der Waals surface area (Å²) in [4.78, 5) is 30.6. The van der Waals surface area contributed by atoms with Crippen LogP contribution >= 0.6 is 0 Å². The van der Waals surface area contributed by atoms with E-state index in [0.29, 0.717) is 24.6 Å².